The Kier molecular flexibility index (Phi) is 5.85. The lowest BCUT2D eigenvalue weighted by Gasteiger charge is -2.03. The lowest BCUT2D eigenvalue weighted by atomic mass is 10.5. The maximum absolute atomic E-state index is 5.53. The van der Waals surface area contributed by atoms with Gasteiger partial charge in [0.25, 0.3) is 0 Å². The largest absolute Gasteiger partial charge is 0.489 e. The smallest absolute Gasteiger partial charge is 0.157 e. The molecule has 15 heavy (non-hydrogen) atoms. The van der Waals surface area contributed by atoms with E-state index < -0.39 is 0 Å². The second kappa shape index (κ2) is 7.29. The van der Waals surface area contributed by atoms with E-state index in [1.54, 1.807) is 6.20 Å². The number of ether oxygens (including phenoxy) is 1. The van der Waals surface area contributed by atoms with Crippen LogP contribution >= 0.6 is 0 Å². The molecular weight excluding hydrogens is 190 g/mol. The Morgan fingerprint density at radius 1 is 1.33 bits per heavy atom. The number of nitrogens with zero attached hydrogens (tertiary/aromatic N) is 2. The van der Waals surface area contributed by atoms with E-state index in [1.807, 2.05) is 10.9 Å². The van der Waals surface area contributed by atoms with E-state index in [0.29, 0.717) is 6.61 Å². The molecule has 0 aliphatic carbocycles. The zero-order valence-corrected chi connectivity index (χ0v) is 9.70. The van der Waals surface area contributed by atoms with Gasteiger partial charge in [0.2, 0.25) is 0 Å². The van der Waals surface area contributed by atoms with Gasteiger partial charge in [-0.1, -0.05) is 13.8 Å². The van der Waals surface area contributed by atoms with Crippen molar-refractivity contribution in [1.82, 2.24) is 15.1 Å². The van der Waals surface area contributed by atoms with E-state index in [0.717, 1.165) is 38.2 Å². The molecule has 0 unspecified atom stereocenters. The molecule has 0 aliphatic heterocycles. The van der Waals surface area contributed by atoms with Crippen molar-refractivity contribution in [2.24, 2.45) is 0 Å². The molecule has 1 aromatic heterocycles. The first-order valence-electron chi connectivity index (χ1n) is 5.72. The summed E-state index contributed by atoms with van der Waals surface area (Å²) in [6, 6.07) is 0. The van der Waals surface area contributed by atoms with Gasteiger partial charge in [0.05, 0.1) is 12.4 Å². The molecule has 1 N–H and O–H groups in total. The molecule has 0 saturated carbocycles. The summed E-state index contributed by atoms with van der Waals surface area (Å²) in [6.07, 6.45) is 5.98. The van der Waals surface area contributed by atoms with E-state index in [9.17, 15) is 0 Å². The first-order chi connectivity index (χ1) is 7.36. The number of hydrogen-bond acceptors (Lipinski definition) is 3. The van der Waals surface area contributed by atoms with Gasteiger partial charge >= 0.3 is 0 Å². The Balaban J connectivity index is 2.14. The van der Waals surface area contributed by atoms with Crippen LogP contribution in [0.5, 0.6) is 5.75 Å². The van der Waals surface area contributed by atoms with Crippen LogP contribution in [0.1, 0.15) is 26.7 Å². The molecule has 0 radical (unpaired) electrons. The first-order valence-corrected chi connectivity index (χ1v) is 5.72. The number of hydrogen-bond donors (Lipinski definition) is 1. The Morgan fingerprint density at radius 3 is 2.93 bits per heavy atom. The highest BCUT2D eigenvalue weighted by Crippen LogP contribution is 2.07. The summed E-state index contributed by atoms with van der Waals surface area (Å²) in [7, 11) is 0. The van der Waals surface area contributed by atoms with Crippen LogP contribution in [0, 0.1) is 0 Å². The minimum absolute atomic E-state index is 0.706. The van der Waals surface area contributed by atoms with Gasteiger partial charge in [-0.3, -0.25) is 4.68 Å². The lowest BCUT2D eigenvalue weighted by molar-refractivity contribution is 0.314. The number of aryl methyl sites for hydroxylation is 1. The van der Waals surface area contributed by atoms with Crippen LogP contribution < -0.4 is 10.1 Å². The molecule has 0 saturated heterocycles. The Bertz CT molecular complexity index is 260. The third-order valence-electron chi connectivity index (χ3n) is 2.04. The van der Waals surface area contributed by atoms with E-state index in [-0.39, 0.29) is 0 Å². The number of nitrogens with one attached hydrogen (secondary N) is 1. The minimum Gasteiger partial charge on any atom is -0.489 e. The van der Waals surface area contributed by atoms with Crippen molar-refractivity contribution in [1.29, 1.82) is 0 Å². The third-order valence-corrected chi connectivity index (χ3v) is 2.04. The van der Waals surface area contributed by atoms with Crippen molar-refractivity contribution in [2.75, 3.05) is 19.7 Å². The van der Waals surface area contributed by atoms with E-state index in [4.69, 9.17) is 4.74 Å². The zero-order valence-electron chi connectivity index (χ0n) is 9.70. The summed E-state index contributed by atoms with van der Waals surface area (Å²) in [5, 5.41) is 7.48. The highest BCUT2D eigenvalue weighted by atomic mass is 16.5. The van der Waals surface area contributed by atoms with Gasteiger partial charge in [-0.2, -0.15) is 5.10 Å². The van der Waals surface area contributed by atoms with E-state index in [2.05, 4.69) is 24.3 Å². The van der Waals surface area contributed by atoms with Crippen molar-refractivity contribution in [3.63, 3.8) is 0 Å². The van der Waals surface area contributed by atoms with Crippen molar-refractivity contribution in [3.8, 4) is 5.75 Å². The van der Waals surface area contributed by atoms with Crippen LogP contribution in [0.2, 0.25) is 0 Å². The average Bonchev–Trinajstić information content (AvgIpc) is 2.66. The summed E-state index contributed by atoms with van der Waals surface area (Å²) in [4.78, 5) is 0. The molecule has 1 rings (SSSR count). The maximum atomic E-state index is 5.53. The highest BCUT2D eigenvalue weighted by Gasteiger charge is 1.97. The topological polar surface area (TPSA) is 39.1 Å². The van der Waals surface area contributed by atoms with Crippen molar-refractivity contribution in [2.45, 2.75) is 33.2 Å². The van der Waals surface area contributed by atoms with Crippen LogP contribution in [0.4, 0.5) is 0 Å². The molecular formula is C11H21N3O. The molecule has 86 valence electrons. The van der Waals surface area contributed by atoms with Gasteiger partial charge in [-0.05, 0) is 19.4 Å². The second-order valence-corrected chi connectivity index (χ2v) is 3.54. The standard InChI is InChI=1S/C11H21N3O/c1-3-5-12-6-8-15-11-9-13-14(10-11)7-4-2/h9-10,12H,3-8H2,1-2H3. The second-order valence-electron chi connectivity index (χ2n) is 3.54. The summed E-state index contributed by atoms with van der Waals surface area (Å²) < 4.78 is 7.45. The van der Waals surface area contributed by atoms with Crippen LogP contribution in [0.3, 0.4) is 0 Å². The predicted octanol–water partition coefficient (Wildman–Crippen LogP) is 1.67. The van der Waals surface area contributed by atoms with Gasteiger partial charge in [0.1, 0.15) is 6.61 Å². The molecule has 0 fully saturated rings. The fourth-order valence-corrected chi connectivity index (χ4v) is 1.31. The molecule has 0 aliphatic rings. The predicted molar refractivity (Wildman–Crippen MR) is 61.2 cm³/mol. The molecule has 1 heterocycles. The molecule has 0 spiro atoms. The van der Waals surface area contributed by atoms with Crippen LogP contribution in [0.15, 0.2) is 12.4 Å². The molecule has 4 heteroatoms. The molecule has 1 aromatic rings. The molecule has 0 aromatic carbocycles. The average molecular weight is 211 g/mol. The van der Waals surface area contributed by atoms with Crippen molar-refractivity contribution < 1.29 is 4.74 Å². The normalized spacial score (nSPS) is 10.5. The Hall–Kier alpha value is -1.03. The number of rotatable bonds is 8. The summed E-state index contributed by atoms with van der Waals surface area (Å²) in [6.45, 7) is 7.90. The molecule has 0 bridgehead atoms. The lowest BCUT2D eigenvalue weighted by Crippen LogP contribution is -2.21. The molecule has 0 amide bonds. The van der Waals surface area contributed by atoms with Crippen molar-refractivity contribution in [3.05, 3.63) is 12.4 Å². The van der Waals surface area contributed by atoms with Crippen molar-refractivity contribution >= 4 is 0 Å². The van der Waals surface area contributed by atoms with Gasteiger partial charge < -0.3 is 10.1 Å². The summed E-state index contributed by atoms with van der Waals surface area (Å²) >= 11 is 0. The highest BCUT2D eigenvalue weighted by molar-refractivity contribution is 5.11. The first kappa shape index (κ1) is 12.0. The van der Waals surface area contributed by atoms with Gasteiger partial charge in [-0.15, -0.1) is 0 Å². The fourth-order valence-electron chi connectivity index (χ4n) is 1.31. The summed E-state index contributed by atoms with van der Waals surface area (Å²) in [5.74, 6) is 0.863. The molecule has 4 nitrogen and oxygen atoms in total. The Labute approximate surface area is 91.6 Å². The van der Waals surface area contributed by atoms with Crippen LogP contribution in [-0.4, -0.2) is 29.5 Å². The fraction of sp³-hybridized carbons (Fsp3) is 0.727. The van der Waals surface area contributed by atoms with E-state index >= 15 is 0 Å². The third kappa shape index (κ3) is 4.83. The van der Waals surface area contributed by atoms with Gasteiger partial charge in [-0.25, -0.2) is 0 Å². The SMILES string of the molecule is CCCNCCOc1cnn(CCC)c1. The van der Waals surface area contributed by atoms with Crippen LogP contribution in [-0.2, 0) is 6.54 Å². The Morgan fingerprint density at radius 2 is 2.20 bits per heavy atom. The number of aromatic nitrogens is 2. The molecule has 0 atom stereocenters. The van der Waals surface area contributed by atoms with E-state index in [1.165, 1.54) is 0 Å². The quantitative estimate of drug-likeness (QED) is 0.665. The minimum atomic E-state index is 0.706. The monoisotopic (exact) mass is 211 g/mol. The van der Waals surface area contributed by atoms with Crippen LogP contribution in [0.25, 0.3) is 0 Å². The van der Waals surface area contributed by atoms with Gasteiger partial charge in [0, 0.05) is 13.1 Å². The maximum Gasteiger partial charge on any atom is 0.157 e. The summed E-state index contributed by atoms with van der Waals surface area (Å²) in [5.41, 5.74) is 0. The van der Waals surface area contributed by atoms with Gasteiger partial charge in [0.15, 0.2) is 5.75 Å². The zero-order chi connectivity index (χ0) is 10.9.